The van der Waals surface area contributed by atoms with Crippen LogP contribution in [0.4, 0.5) is 4.79 Å². The maximum atomic E-state index is 11.4. The van der Waals surface area contributed by atoms with Gasteiger partial charge < -0.3 is 5.73 Å². The number of aryl methyl sites for hydroxylation is 1. The van der Waals surface area contributed by atoms with E-state index in [4.69, 9.17) is 5.73 Å². The summed E-state index contributed by atoms with van der Waals surface area (Å²) in [6.07, 6.45) is 1.14. The molecule has 3 aromatic rings. The molecule has 108 valence electrons. The first kappa shape index (κ1) is 15.0. The number of nitrogens with two attached hydrogens (primary N) is 1. The van der Waals surface area contributed by atoms with Crippen molar-refractivity contribution in [3.63, 3.8) is 0 Å². The highest BCUT2D eigenvalue weighted by Gasteiger charge is 2.09. The molecule has 5 heteroatoms. The zero-order chi connectivity index (χ0) is 15.2. The third-order valence-corrected chi connectivity index (χ3v) is 4.02. The van der Waals surface area contributed by atoms with E-state index in [0.717, 1.165) is 26.6 Å². The summed E-state index contributed by atoms with van der Waals surface area (Å²) in [5.41, 5.74) is 6.08. The Labute approximate surface area is 126 Å². The fourth-order valence-corrected chi connectivity index (χ4v) is 2.69. The molecular weight excluding hydrogens is 284 g/mol. The van der Waals surface area contributed by atoms with Crippen molar-refractivity contribution in [2.45, 2.75) is 13.3 Å². The summed E-state index contributed by atoms with van der Waals surface area (Å²) < 4.78 is 1.72. The van der Waals surface area contributed by atoms with Gasteiger partial charge in [0, 0.05) is 0 Å². The van der Waals surface area contributed by atoms with Crippen molar-refractivity contribution in [1.29, 1.82) is 0 Å². The van der Waals surface area contributed by atoms with E-state index < -0.39 is 6.03 Å². The molecule has 0 aliphatic heterocycles. The summed E-state index contributed by atoms with van der Waals surface area (Å²) in [5, 5.41) is 0.534. The Hall–Kier alpha value is -2.40. The van der Waals surface area contributed by atoms with Crippen LogP contribution in [-0.4, -0.2) is 9.99 Å². The number of aromatic nitrogens is 1. The number of nitrogens with zero attached hydrogens (tertiary/aromatic N) is 1. The molecule has 1 heterocycles. The molecule has 1 amide bonds. The number of hydrogen-bond donors (Lipinski definition) is 1. The monoisotopic (exact) mass is 300 g/mol. The molecule has 3 rings (SSSR count). The molecule has 2 aromatic carbocycles. The zero-order valence-electron chi connectivity index (χ0n) is 11.7. The van der Waals surface area contributed by atoms with Gasteiger partial charge in [0.2, 0.25) is 0 Å². The van der Waals surface area contributed by atoms with E-state index >= 15 is 0 Å². The summed E-state index contributed by atoms with van der Waals surface area (Å²) in [6, 6.07) is 16.7. The highest BCUT2D eigenvalue weighted by Crippen LogP contribution is 2.14. The van der Waals surface area contributed by atoms with Gasteiger partial charge in [-0.1, -0.05) is 49.4 Å². The second-order valence-electron chi connectivity index (χ2n) is 4.36. The quantitative estimate of drug-likeness (QED) is 0.749. The highest BCUT2D eigenvalue weighted by atomic mass is 32.1. The van der Waals surface area contributed by atoms with Gasteiger partial charge in [0.15, 0.2) is 0 Å². The van der Waals surface area contributed by atoms with E-state index in [2.05, 4.69) is 31.2 Å². The smallest absolute Gasteiger partial charge is 0.335 e. The minimum atomic E-state index is -0.730. The van der Waals surface area contributed by atoms with Crippen molar-refractivity contribution in [3.05, 3.63) is 70.5 Å². The lowest BCUT2D eigenvalue weighted by molar-refractivity contribution is 0.252. The first-order chi connectivity index (χ1) is 10.1. The maximum absolute atomic E-state index is 11.4. The van der Waals surface area contributed by atoms with E-state index in [1.807, 2.05) is 12.1 Å². The number of primary amides is 1. The molecule has 4 nitrogen and oxygen atoms in total. The van der Waals surface area contributed by atoms with E-state index in [0.29, 0.717) is 5.39 Å². The molecule has 21 heavy (non-hydrogen) atoms. The Morgan fingerprint density at radius 3 is 2.24 bits per heavy atom. The fourth-order valence-electron chi connectivity index (χ4n) is 1.83. The molecule has 0 bridgehead atoms. The van der Waals surface area contributed by atoms with Crippen LogP contribution in [0.25, 0.3) is 10.1 Å². The lowest BCUT2D eigenvalue weighted by Gasteiger charge is -1.89. The van der Waals surface area contributed by atoms with Gasteiger partial charge in [0.05, 0.1) is 10.1 Å². The number of hydrogen-bond acceptors (Lipinski definition) is 3. The molecule has 0 radical (unpaired) electrons. The van der Waals surface area contributed by atoms with E-state index in [9.17, 15) is 9.59 Å². The van der Waals surface area contributed by atoms with Crippen LogP contribution in [0, 0.1) is 0 Å². The Bertz CT molecular complexity index is 791. The molecule has 0 saturated carbocycles. The Morgan fingerprint density at radius 1 is 1.10 bits per heavy atom. The zero-order valence-corrected chi connectivity index (χ0v) is 12.5. The number of carbonyl (C=O) groups excluding carboxylic acids is 1. The van der Waals surface area contributed by atoms with Crippen LogP contribution in [0.1, 0.15) is 12.5 Å². The number of amides is 1. The Kier molecular flexibility index (Phi) is 4.90. The maximum Gasteiger partial charge on any atom is 0.335 e. The summed E-state index contributed by atoms with van der Waals surface area (Å²) in [5.74, 6) is 0. The number of rotatable bonds is 1. The average Bonchev–Trinajstić information content (AvgIpc) is 2.87. The van der Waals surface area contributed by atoms with Crippen molar-refractivity contribution in [3.8, 4) is 0 Å². The van der Waals surface area contributed by atoms with Crippen LogP contribution in [0.3, 0.4) is 0 Å². The lowest BCUT2D eigenvalue weighted by atomic mass is 10.2. The molecule has 0 spiro atoms. The first-order valence-corrected chi connectivity index (χ1v) is 7.35. The van der Waals surface area contributed by atoms with E-state index in [1.165, 1.54) is 5.56 Å². The predicted octanol–water partition coefficient (Wildman–Crippen LogP) is 3.24. The van der Waals surface area contributed by atoms with Gasteiger partial charge in [-0.15, -0.1) is 0 Å². The van der Waals surface area contributed by atoms with Crippen LogP contribution in [0.2, 0.25) is 0 Å². The van der Waals surface area contributed by atoms with Gasteiger partial charge in [-0.2, -0.15) is 3.96 Å². The summed E-state index contributed by atoms with van der Waals surface area (Å²) >= 11 is 1.06. The van der Waals surface area contributed by atoms with Gasteiger partial charge in [0.1, 0.15) is 0 Å². The van der Waals surface area contributed by atoms with Gasteiger partial charge >= 0.3 is 6.03 Å². The highest BCUT2D eigenvalue weighted by molar-refractivity contribution is 7.14. The summed E-state index contributed by atoms with van der Waals surface area (Å²) in [6.45, 7) is 2.16. The molecule has 0 fully saturated rings. The second kappa shape index (κ2) is 6.85. The van der Waals surface area contributed by atoms with Gasteiger partial charge in [-0.3, -0.25) is 4.79 Å². The van der Waals surface area contributed by atoms with Crippen molar-refractivity contribution >= 4 is 27.6 Å². The Morgan fingerprint density at radius 2 is 1.71 bits per heavy atom. The molecule has 0 aliphatic carbocycles. The molecule has 0 saturated heterocycles. The minimum Gasteiger partial charge on any atom is -0.350 e. The summed E-state index contributed by atoms with van der Waals surface area (Å²) in [4.78, 5) is 22.2. The third-order valence-electron chi connectivity index (χ3n) is 2.94. The average molecular weight is 300 g/mol. The van der Waals surface area contributed by atoms with Gasteiger partial charge in [0.25, 0.3) is 5.56 Å². The molecule has 2 N–H and O–H groups in total. The van der Waals surface area contributed by atoms with Crippen LogP contribution in [0.15, 0.2) is 59.4 Å². The number of fused-ring (bicyclic) bond motifs is 1. The SMILES string of the molecule is CCc1ccccc1.NC(=O)n1sc2ccccc2c1=O. The normalized spacial score (nSPS) is 9.95. The predicted molar refractivity (Wildman–Crippen MR) is 86.9 cm³/mol. The van der Waals surface area contributed by atoms with Crippen LogP contribution in [-0.2, 0) is 6.42 Å². The molecular formula is C16H16N2O2S. The molecule has 0 atom stereocenters. The lowest BCUT2D eigenvalue weighted by Crippen LogP contribution is -2.26. The second-order valence-corrected chi connectivity index (χ2v) is 5.35. The molecule has 1 aromatic heterocycles. The van der Waals surface area contributed by atoms with Crippen LogP contribution >= 0.6 is 11.5 Å². The van der Waals surface area contributed by atoms with Crippen molar-refractivity contribution in [2.24, 2.45) is 5.73 Å². The number of carbonyl (C=O) groups is 1. The fraction of sp³-hybridized carbons (Fsp3) is 0.125. The van der Waals surface area contributed by atoms with Gasteiger partial charge in [-0.25, -0.2) is 4.79 Å². The van der Waals surface area contributed by atoms with E-state index in [-0.39, 0.29) is 5.56 Å². The first-order valence-electron chi connectivity index (χ1n) is 6.58. The molecule has 0 unspecified atom stereocenters. The van der Waals surface area contributed by atoms with E-state index in [1.54, 1.807) is 18.2 Å². The molecule has 0 aliphatic rings. The van der Waals surface area contributed by atoms with Crippen LogP contribution < -0.4 is 11.3 Å². The van der Waals surface area contributed by atoms with Gasteiger partial charge in [-0.05, 0) is 35.6 Å². The Balaban J connectivity index is 0.000000173. The number of benzene rings is 2. The summed E-state index contributed by atoms with van der Waals surface area (Å²) in [7, 11) is 0. The van der Waals surface area contributed by atoms with Crippen LogP contribution in [0.5, 0.6) is 0 Å². The van der Waals surface area contributed by atoms with Crippen molar-refractivity contribution in [2.75, 3.05) is 0 Å². The standard InChI is InChI=1S/C8H6N2O2S.C8H10/c9-8(12)10-7(11)5-3-1-2-4-6(5)13-10;1-2-8-6-4-3-5-7-8/h1-4H,(H2,9,12);3-7H,2H2,1H3. The van der Waals surface area contributed by atoms with Crippen molar-refractivity contribution in [1.82, 2.24) is 3.96 Å². The minimum absolute atomic E-state index is 0.340. The largest absolute Gasteiger partial charge is 0.350 e. The third kappa shape index (κ3) is 3.58. The van der Waals surface area contributed by atoms with Crippen molar-refractivity contribution < 1.29 is 4.79 Å². The topological polar surface area (TPSA) is 65.1 Å².